The largest absolute Gasteiger partial charge is 0.466 e. The van der Waals surface area contributed by atoms with E-state index in [1.807, 2.05) is 54.6 Å². The Morgan fingerprint density at radius 3 is 2.31 bits per heavy atom. The molecule has 0 aromatic heterocycles. The normalized spacial score (nSPS) is 19.5. The molecule has 0 saturated carbocycles. The van der Waals surface area contributed by atoms with E-state index in [1.54, 1.807) is 6.92 Å². The molecule has 0 saturated heterocycles. The summed E-state index contributed by atoms with van der Waals surface area (Å²) in [5, 5.41) is 17.5. The van der Waals surface area contributed by atoms with Gasteiger partial charge < -0.3 is 9.47 Å². The van der Waals surface area contributed by atoms with Gasteiger partial charge in [0, 0.05) is 5.92 Å². The summed E-state index contributed by atoms with van der Waals surface area (Å²) in [4.78, 5) is 12.3. The van der Waals surface area contributed by atoms with Gasteiger partial charge in [0.05, 0.1) is 18.8 Å². The average molecular weight is 346 g/mol. The lowest BCUT2D eigenvalue weighted by atomic mass is 9.78. The number of hydrogen-bond acceptors (Lipinski definition) is 5. The molecule has 5 nitrogen and oxygen atoms in total. The Bertz CT molecular complexity index is 909. The average Bonchev–Trinajstić information content (AvgIpc) is 2.68. The van der Waals surface area contributed by atoms with Crippen molar-refractivity contribution < 1.29 is 14.3 Å². The molecular formula is C21H18N2O3. The van der Waals surface area contributed by atoms with Crippen LogP contribution in [0.5, 0.6) is 0 Å². The summed E-state index contributed by atoms with van der Waals surface area (Å²) in [6.07, 6.45) is 0. The van der Waals surface area contributed by atoms with Crippen molar-refractivity contribution in [3.05, 3.63) is 71.5 Å². The lowest BCUT2D eigenvalue weighted by molar-refractivity contribution is -0.136. The minimum Gasteiger partial charge on any atom is -0.466 e. The number of rotatable bonds is 3. The zero-order valence-corrected chi connectivity index (χ0v) is 14.5. The van der Waals surface area contributed by atoms with Crippen molar-refractivity contribution in [1.29, 1.82) is 10.7 Å². The van der Waals surface area contributed by atoms with E-state index in [-0.39, 0.29) is 11.5 Å². The molecule has 130 valence electrons. The quantitative estimate of drug-likeness (QED) is 0.851. The molecule has 2 aromatic carbocycles. The van der Waals surface area contributed by atoms with Crippen molar-refractivity contribution in [3.63, 3.8) is 0 Å². The number of methoxy groups -OCH3 is 1. The Balaban J connectivity index is 2.06. The highest BCUT2D eigenvalue weighted by molar-refractivity contribution is 5.95. The number of nitriles is 1. The van der Waals surface area contributed by atoms with Crippen LogP contribution in [0.3, 0.4) is 0 Å². The predicted octanol–water partition coefficient (Wildman–Crippen LogP) is 4.03. The van der Waals surface area contributed by atoms with Crippen molar-refractivity contribution in [3.8, 4) is 17.2 Å². The van der Waals surface area contributed by atoms with Crippen LogP contribution < -0.4 is 0 Å². The van der Waals surface area contributed by atoms with Crippen LogP contribution in [-0.4, -0.2) is 19.0 Å². The van der Waals surface area contributed by atoms with E-state index in [0.717, 1.165) is 16.7 Å². The molecule has 2 atom stereocenters. The maximum atomic E-state index is 12.3. The molecule has 1 aliphatic heterocycles. The van der Waals surface area contributed by atoms with Crippen molar-refractivity contribution in [2.45, 2.75) is 12.8 Å². The lowest BCUT2D eigenvalue weighted by Gasteiger charge is -2.30. The minimum atomic E-state index is -0.879. The van der Waals surface area contributed by atoms with Crippen molar-refractivity contribution >= 4 is 11.9 Å². The molecule has 5 heteroatoms. The molecule has 3 rings (SSSR count). The van der Waals surface area contributed by atoms with Gasteiger partial charge in [0.2, 0.25) is 5.90 Å². The predicted molar refractivity (Wildman–Crippen MR) is 97.2 cm³/mol. The second-order valence-corrected chi connectivity index (χ2v) is 6.00. The zero-order chi connectivity index (χ0) is 18.7. The molecule has 0 fully saturated rings. The zero-order valence-electron chi connectivity index (χ0n) is 14.5. The second kappa shape index (κ2) is 7.24. The summed E-state index contributed by atoms with van der Waals surface area (Å²) in [7, 11) is 1.29. The highest BCUT2D eigenvalue weighted by Gasteiger charge is 2.41. The van der Waals surface area contributed by atoms with Crippen LogP contribution >= 0.6 is 0 Å². The fourth-order valence-corrected chi connectivity index (χ4v) is 3.21. The molecular weight excluding hydrogens is 328 g/mol. The summed E-state index contributed by atoms with van der Waals surface area (Å²) in [5.74, 6) is -1.89. The van der Waals surface area contributed by atoms with Gasteiger partial charge in [0.15, 0.2) is 0 Å². The topological polar surface area (TPSA) is 83.2 Å². The van der Waals surface area contributed by atoms with Gasteiger partial charge in [-0.15, -0.1) is 0 Å². The number of esters is 1. The Hall–Kier alpha value is -3.39. The van der Waals surface area contributed by atoms with Crippen LogP contribution in [0.15, 0.2) is 65.9 Å². The maximum absolute atomic E-state index is 12.3. The number of benzene rings is 2. The van der Waals surface area contributed by atoms with Crippen molar-refractivity contribution in [1.82, 2.24) is 0 Å². The molecule has 0 bridgehead atoms. The molecule has 0 amide bonds. The molecule has 26 heavy (non-hydrogen) atoms. The first-order valence-electron chi connectivity index (χ1n) is 8.17. The van der Waals surface area contributed by atoms with Gasteiger partial charge in [0.1, 0.15) is 11.7 Å². The SMILES string of the molecule is COC(=O)C1=C(C)OC(=N)C(C#N)C1c1ccc(-c2ccccc2)cc1. The monoisotopic (exact) mass is 346 g/mol. The molecule has 2 unspecified atom stereocenters. The van der Waals surface area contributed by atoms with Crippen molar-refractivity contribution in [2.75, 3.05) is 7.11 Å². The summed E-state index contributed by atoms with van der Waals surface area (Å²) in [6.45, 7) is 1.61. The smallest absolute Gasteiger partial charge is 0.337 e. The Morgan fingerprint density at radius 2 is 1.73 bits per heavy atom. The van der Waals surface area contributed by atoms with Gasteiger partial charge in [-0.3, -0.25) is 5.41 Å². The third-order valence-electron chi connectivity index (χ3n) is 4.49. The number of hydrogen-bond donors (Lipinski definition) is 1. The lowest BCUT2D eigenvalue weighted by Crippen LogP contribution is -2.32. The molecule has 1 N–H and O–H groups in total. The third-order valence-corrected chi connectivity index (χ3v) is 4.49. The number of ether oxygens (including phenoxy) is 2. The minimum absolute atomic E-state index is 0.158. The first-order chi connectivity index (χ1) is 12.6. The van der Waals surface area contributed by atoms with Crippen LogP contribution in [-0.2, 0) is 14.3 Å². The van der Waals surface area contributed by atoms with Gasteiger partial charge in [-0.1, -0.05) is 54.6 Å². The molecule has 0 spiro atoms. The van der Waals surface area contributed by atoms with Crippen LogP contribution in [0, 0.1) is 22.7 Å². The van der Waals surface area contributed by atoms with E-state index in [1.165, 1.54) is 7.11 Å². The van der Waals surface area contributed by atoms with E-state index in [2.05, 4.69) is 6.07 Å². The van der Waals surface area contributed by atoms with E-state index in [0.29, 0.717) is 5.76 Å². The fraction of sp³-hybridized carbons (Fsp3) is 0.190. The summed E-state index contributed by atoms with van der Waals surface area (Å²) in [6, 6.07) is 19.7. The first kappa shape index (κ1) is 17.4. The molecule has 1 aliphatic rings. The van der Waals surface area contributed by atoms with Crippen LogP contribution in [0.1, 0.15) is 18.4 Å². The Kier molecular flexibility index (Phi) is 4.85. The van der Waals surface area contributed by atoms with Gasteiger partial charge in [0.25, 0.3) is 0 Å². The molecule has 2 aromatic rings. The van der Waals surface area contributed by atoms with Gasteiger partial charge in [-0.2, -0.15) is 5.26 Å². The number of allylic oxidation sites excluding steroid dienone is 1. The number of carbonyl (C=O) groups is 1. The van der Waals surface area contributed by atoms with E-state index in [9.17, 15) is 10.1 Å². The Labute approximate surface area is 152 Å². The first-order valence-corrected chi connectivity index (χ1v) is 8.17. The highest BCUT2D eigenvalue weighted by atomic mass is 16.5. The molecule has 1 heterocycles. The summed E-state index contributed by atoms with van der Waals surface area (Å²) < 4.78 is 10.2. The molecule has 0 aliphatic carbocycles. The standard InChI is InChI=1S/C21H18N2O3/c1-13-18(21(24)25-2)19(17(12-22)20(23)26-13)16-10-8-15(9-11-16)14-6-4-3-5-7-14/h3-11,17,19,23H,1-2H3. The summed E-state index contributed by atoms with van der Waals surface area (Å²) in [5.41, 5.74) is 3.16. The van der Waals surface area contributed by atoms with Gasteiger partial charge in [-0.05, 0) is 23.6 Å². The second-order valence-electron chi connectivity index (χ2n) is 6.00. The molecule has 0 radical (unpaired) electrons. The summed E-state index contributed by atoms with van der Waals surface area (Å²) >= 11 is 0. The van der Waals surface area contributed by atoms with Crippen LogP contribution in [0.2, 0.25) is 0 Å². The fourth-order valence-electron chi connectivity index (χ4n) is 3.21. The number of carbonyl (C=O) groups excluding carboxylic acids is 1. The van der Waals surface area contributed by atoms with E-state index < -0.39 is 17.8 Å². The van der Waals surface area contributed by atoms with E-state index >= 15 is 0 Å². The van der Waals surface area contributed by atoms with Crippen LogP contribution in [0.25, 0.3) is 11.1 Å². The van der Waals surface area contributed by atoms with Gasteiger partial charge >= 0.3 is 5.97 Å². The van der Waals surface area contributed by atoms with E-state index in [4.69, 9.17) is 14.9 Å². The number of nitrogens with zero attached hydrogens (tertiary/aromatic N) is 1. The van der Waals surface area contributed by atoms with Crippen LogP contribution in [0.4, 0.5) is 0 Å². The third kappa shape index (κ3) is 3.09. The van der Waals surface area contributed by atoms with Gasteiger partial charge in [-0.25, -0.2) is 4.79 Å². The Morgan fingerprint density at radius 1 is 1.12 bits per heavy atom. The number of nitrogens with one attached hydrogen (secondary N) is 1. The van der Waals surface area contributed by atoms with Crippen molar-refractivity contribution in [2.24, 2.45) is 5.92 Å². The highest BCUT2D eigenvalue weighted by Crippen LogP contribution is 2.40. The maximum Gasteiger partial charge on any atom is 0.337 e.